The number of carbonyl (C=O) groups is 1. The first-order valence-electron chi connectivity index (χ1n) is 5.23. The van der Waals surface area contributed by atoms with E-state index in [1.807, 2.05) is 19.9 Å². The fourth-order valence-corrected chi connectivity index (χ4v) is 1.35. The third kappa shape index (κ3) is 4.30. The minimum Gasteiger partial charge on any atom is -0.383 e. The molecule has 4 heteroatoms. The Morgan fingerprint density at radius 1 is 1.60 bits per heavy atom. The summed E-state index contributed by atoms with van der Waals surface area (Å²) in [5.74, 6) is -0.622. The Bertz CT molecular complexity index is 235. The molecule has 0 radical (unpaired) electrons. The van der Waals surface area contributed by atoms with Gasteiger partial charge in [-0.15, -0.1) is 0 Å². The van der Waals surface area contributed by atoms with E-state index in [0.717, 1.165) is 6.42 Å². The molecule has 0 aliphatic carbocycles. The number of methoxy groups -OCH3 is 1. The zero-order valence-corrected chi connectivity index (χ0v) is 9.99. The molecule has 0 aliphatic heterocycles. The average molecular weight is 212 g/mol. The lowest BCUT2D eigenvalue weighted by molar-refractivity contribution is -0.135. The number of nitrogens with zero attached hydrogens (tertiary/aromatic N) is 2. The van der Waals surface area contributed by atoms with Crippen LogP contribution >= 0.6 is 0 Å². The highest BCUT2D eigenvalue weighted by atomic mass is 16.5. The van der Waals surface area contributed by atoms with E-state index in [0.29, 0.717) is 13.0 Å². The fourth-order valence-electron chi connectivity index (χ4n) is 1.35. The number of nitriles is 1. The van der Waals surface area contributed by atoms with Crippen LogP contribution in [0.15, 0.2) is 0 Å². The molecule has 0 fully saturated rings. The maximum Gasteiger partial charge on any atom is 0.239 e. The van der Waals surface area contributed by atoms with E-state index in [-0.39, 0.29) is 11.9 Å². The first-order valence-corrected chi connectivity index (χ1v) is 5.23. The number of rotatable bonds is 6. The Morgan fingerprint density at radius 2 is 2.20 bits per heavy atom. The van der Waals surface area contributed by atoms with Crippen LogP contribution in [0.5, 0.6) is 0 Å². The summed E-state index contributed by atoms with van der Waals surface area (Å²) in [6.07, 6.45) is 1.47. The van der Waals surface area contributed by atoms with Crippen LogP contribution in [0.1, 0.15) is 26.7 Å². The van der Waals surface area contributed by atoms with E-state index in [1.165, 1.54) is 0 Å². The van der Waals surface area contributed by atoms with Gasteiger partial charge in [0.15, 0.2) is 0 Å². The molecule has 0 aliphatic rings. The second-order valence-corrected chi connectivity index (χ2v) is 3.72. The molecule has 0 saturated carbocycles. The van der Waals surface area contributed by atoms with Crippen LogP contribution in [0.4, 0.5) is 0 Å². The van der Waals surface area contributed by atoms with E-state index >= 15 is 0 Å². The number of likely N-dealkylation sites (N-methyl/N-ethyl adjacent to an activating group) is 1. The van der Waals surface area contributed by atoms with Gasteiger partial charge in [-0.1, -0.05) is 13.3 Å². The Balaban J connectivity index is 4.34. The molecule has 1 amide bonds. The van der Waals surface area contributed by atoms with E-state index in [1.54, 1.807) is 19.1 Å². The molecule has 0 saturated heterocycles. The lowest BCUT2D eigenvalue weighted by Gasteiger charge is -2.26. The van der Waals surface area contributed by atoms with Crippen molar-refractivity contribution < 1.29 is 9.53 Å². The Hall–Kier alpha value is -1.08. The number of carbonyl (C=O) groups excluding carboxylic acids is 1. The summed E-state index contributed by atoms with van der Waals surface area (Å²) in [6.45, 7) is 4.37. The van der Waals surface area contributed by atoms with E-state index < -0.39 is 5.92 Å². The van der Waals surface area contributed by atoms with Crippen LogP contribution in [-0.2, 0) is 9.53 Å². The average Bonchev–Trinajstić information content (AvgIpc) is 2.24. The highest BCUT2D eigenvalue weighted by Gasteiger charge is 2.23. The second kappa shape index (κ2) is 7.24. The van der Waals surface area contributed by atoms with Crippen molar-refractivity contribution in [1.82, 2.24) is 4.90 Å². The van der Waals surface area contributed by atoms with Crippen molar-refractivity contribution in [3.05, 3.63) is 0 Å². The summed E-state index contributed by atoms with van der Waals surface area (Å²) in [5.41, 5.74) is 0. The number of ether oxygens (including phenoxy) is 1. The monoisotopic (exact) mass is 212 g/mol. The van der Waals surface area contributed by atoms with E-state index in [9.17, 15) is 4.79 Å². The topological polar surface area (TPSA) is 53.3 Å². The van der Waals surface area contributed by atoms with Crippen molar-refractivity contribution in [1.29, 1.82) is 5.26 Å². The predicted octanol–water partition coefficient (Wildman–Crippen LogP) is 1.42. The van der Waals surface area contributed by atoms with Crippen LogP contribution < -0.4 is 0 Å². The Morgan fingerprint density at radius 3 is 2.60 bits per heavy atom. The highest BCUT2D eigenvalue weighted by molar-refractivity contribution is 5.81. The molecule has 0 bridgehead atoms. The molecule has 0 heterocycles. The van der Waals surface area contributed by atoms with Crippen molar-refractivity contribution >= 4 is 5.91 Å². The minimum atomic E-state index is -0.515. The molecule has 0 N–H and O–H groups in total. The van der Waals surface area contributed by atoms with Gasteiger partial charge in [0.25, 0.3) is 0 Å². The summed E-state index contributed by atoms with van der Waals surface area (Å²) in [5, 5.41) is 8.86. The number of hydrogen-bond donors (Lipinski definition) is 0. The normalized spacial score (nSPS) is 14.1. The lowest BCUT2D eigenvalue weighted by atomic mass is 10.0. The highest BCUT2D eigenvalue weighted by Crippen LogP contribution is 2.10. The fraction of sp³-hybridized carbons (Fsp3) is 0.818. The van der Waals surface area contributed by atoms with Crippen molar-refractivity contribution in [2.45, 2.75) is 32.7 Å². The standard InChI is InChI=1S/C11H20N2O2/c1-5-6-10(7-12)11(14)13(3)9(2)8-15-4/h9-10H,5-6,8H2,1-4H3. The van der Waals surface area contributed by atoms with Gasteiger partial charge in [-0.3, -0.25) is 4.79 Å². The zero-order valence-electron chi connectivity index (χ0n) is 9.99. The summed E-state index contributed by atoms with van der Waals surface area (Å²) in [6, 6.07) is 2.06. The van der Waals surface area contributed by atoms with Crippen LogP contribution in [-0.4, -0.2) is 37.6 Å². The van der Waals surface area contributed by atoms with Gasteiger partial charge in [0.05, 0.1) is 18.7 Å². The van der Waals surface area contributed by atoms with Crippen molar-refractivity contribution in [3.8, 4) is 6.07 Å². The van der Waals surface area contributed by atoms with Crippen molar-refractivity contribution in [2.24, 2.45) is 5.92 Å². The predicted molar refractivity (Wildman–Crippen MR) is 58.1 cm³/mol. The van der Waals surface area contributed by atoms with E-state index in [2.05, 4.69) is 0 Å². The van der Waals surface area contributed by atoms with E-state index in [4.69, 9.17) is 10.00 Å². The van der Waals surface area contributed by atoms with Crippen LogP contribution in [0.25, 0.3) is 0 Å². The smallest absolute Gasteiger partial charge is 0.239 e. The quantitative estimate of drug-likeness (QED) is 0.669. The maximum atomic E-state index is 11.8. The molecule has 0 rings (SSSR count). The van der Waals surface area contributed by atoms with Gasteiger partial charge < -0.3 is 9.64 Å². The van der Waals surface area contributed by atoms with Crippen LogP contribution in [0.2, 0.25) is 0 Å². The first kappa shape index (κ1) is 13.9. The molecule has 0 aromatic heterocycles. The van der Waals surface area contributed by atoms with Gasteiger partial charge in [0.1, 0.15) is 5.92 Å². The lowest BCUT2D eigenvalue weighted by Crippen LogP contribution is -2.41. The van der Waals surface area contributed by atoms with Crippen LogP contribution in [0.3, 0.4) is 0 Å². The van der Waals surface area contributed by atoms with Crippen LogP contribution in [0, 0.1) is 17.2 Å². The van der Waals surface area contributed by atoms with Gasteiger partial charge >= 0.3 is 0 Å². The summed E-state index contributed by atoms with van der Waals surface area (Å²) >= 11 is 0. The first-order chi connectivity index (χ1) is 7.08. The van der Waals surface area contributed by atoms with Crippen molar-refractivity contribution in [3.63, 3.8) is 0 Å². The Kier molecular flexibility index (Phi) is 6.72. The molecule has 86 valence electrons. The molecule has 0 aromatic carbocycles. The summed E-state index contributed by atoms with van der Waals surface area (Å²) < 4.78 is 4.97. The summed E-state index contributed by atoms with van der Waals surface area (Å²) in [7, 11) is 3.31. The maximum absolute atomic E-state index is 11.8. The second-order valence-electron chi connectivity index (χ2n) is 3.72. The molecule has 2 unspecified atom stereocenters. The third-order valence-corrected chi connectivity index (χ3v) is 2.45. The van der Waals surface area contributed by atoms with Gasteiger partial charge in [-0.2, -0.15) is 5.26 Å². The van der Waals surface area contributed by atoms with Crippen molar-refractivity contribution in [2.75, 3.05) is 20.8 Å². The number of hydrogen-bond acceptors (Lipinski definition) is 3. The molecule has 4 nitrogen and oxygen atoms in total. The number of amides is 1. The van der Waals surface area contributed by atoms with Gasteiger partial charge in [0.2, 0.25) is 5.91 Å². The SMILES string of the molecule is CCCC(C#N)C(=O)N(C)C(C)COC. The van der Waals surface area contributed by atoms with Gasteiger partial charge in [-0.25, -0.2) is 0 Å². The molecule has 15 heavy (non-hydrogen) atoms. The van der Waals surface area contributed by atoms with Gasteiger partial charge in [-0.05, 0) is 13.3 Å². The minimum absolute atomic E-state index is 0.00945. The molecular formula is C11H20N2O2. The molecule has 0 aromatic rings. The molecule has 0 spiro atoms. The summed E-state index contributed by atoms with van der Waals surface area (Å²) in [4.78, 5) is 13.4. The molecular weight excluding hydrogens is 192 g/mol. The third-order valence-electron chi connectivity index (χ3n) is 2.45. The Labute approximate surface area is 91.8 Å². The van der Waals surface area contributed by atoms with Gasteiger partial charge in [0, 0.05) is 14.2 Å². The zero-order chi connectivity index (χ0) is 11.8. The largest absolute Gasteiger partial charge is 0.383 e. The molecule has 2 atom stereocenters.